The summed E-state index contributed by atoms with van der Waals surface area (Å²) < 4.78 is 5.45. The van der Waals surface area contributed by atoms with Crippen molar-refractivity contribution in [3.8, 4) is 0 Å². The van der Waals surface area contributed by atoms with E-state index in [4.69, 9.17) is 4.74 Å². The van der Waals surface area contributed by atoms with Crippen LogP contribution in [0.15, 0.2) is 0 Å². The molecule has 0 spiro atoms. The zero-order valence-electron chi connectivity index (χ0n) is 9.17. The topological polar surface area (TPSA) is 24.5 Å². The lowest BCUT2D eigenvalue weighted by Gasteiger charge is -2.31. The SMILES string of the molecule is CC1CCN(C2CCOC2)CCCN1. The Labute approximate surface area is 86.8 Å². The minimum atomic E-state index is 0.681. The van der Waals surface area contributed by atoms with Crippen LogP contribution in [0.4, 0.5) is 0 Å². The van der Waals surface area contributed by atoms with Crippen molar-refractivity contribution < 1.29 is 4.74 Å². The average Bonchev–Trinajstić information content (AvgIpc) is 2.65. The average molecular weight is 198 g/mol. The Kier molecular flexibility index (Phi) is 3.79. The Morgan fingerprint density at radius 1 is 1.29 bits per heavy atom. The second-order valence-corrected chi connectivity index (χ2v) is 4.55. The fourth-order valence-electron chi connectivity index (χ4n) is 2.38. The molecule has 82 valence electrons. The largest absolute Gasteiger partial charge is 0.380 e. The molecule has 0 amide bonds. The van der Waals surface area contributed by atoms with Crippen LogP contribution in [0.5, 0.6) is 0 Å². The van der Waals surface area contributed by atoms with Gasteiger partial charge in [-0.25, -0.2) is 0 Å². The Bertz CT molecular complexity index is 169. The van der Waals surface area contributed by atoms with Crippen molar-refractivity contribution >= 4 is 0 Å². The second kappa shape index (κ2) is 5.10. The minimum Gasteiger partial charge on any atom is -0.380 e. The van der Waals surface area contributed by atoms with Crippen molar-refractivity contribution in [1.82, 2.24) is 10.2 Å². The van der Waals surface area contributed by atoms with Gasteiger partial charge in [0, 0.05) is 18.7 Å². The standard InChI is InChI=1S/C11H22N2O/c1-10-3-7-13(6-2-5-12-10)11-4-8-14-9-11/h10-12H,2-9H2,1H3. The van der Waals surface area contributed by atoms with Gasteiger partial charge in [-0.1, -0.05) is 0 Å². The summed E-state index contributed by atoms with van der Waals surface area (Å²) in [5, 5.41) is 3.54. The lowest BCUT2D eigenvalue weighted by atomic mass is 10.1. The Morgan fingerprint density at radius 3 is 3.00 bits per heavy atom. The number of hydrogen-bond donors (Lipinski definition) is 1. The third-order valence-corrected chi connectivity index (χ3v) is 3.39. The summed E-state index contributed by atoms with van der Waals surface area (Å²) in [7, 11) is 0. The molecule has 0 aliphatic carbocycles. The molecule has 2 atom stereocenters. The molecule has 0 aromatic rings. The van der Waals surface area contributed by atoms with Gasteiger partial charge in [0.05, 0.1) is 6.61 Å². The summed E-state index contributed by atoms with van der Waals surface area (Å²) >= 11 is 0. The van der Waals surface area contributed by atoms with E-state index in [2.05, 4.69) is 17.1 Å². The molecule has 0 aromatic carbocycles. The van der Waals surface area contributed by atoms with E-state index in [9.17, 15) is 0 Å². The molecule has 3 nitrogen and oxygen atoms in total. The summed E-state index contributed by atoms with van der Waals surface area (Å²) in [6.07, 6.45) is 3.79. The molecule has 2 unspecified atom stereocenters. The monoisotopic (exact) mass is 198 g/mol. The fraction of sp³-hybridized carbons (Fsp3) is 1.00. The molecule has 0 aromatic heterocycles. The molecule has 1 N–H and O–H groups in total. The summed E-state index contributed by atoms with van der Waals surface area (Å²) in [6.45, 7) is 7.87. The van der Waals surface area contributed by atoms with Crippen molar-refractivity contribution in [2.24, 2.45) is 0 Å². The molecule has 14 heavy (non-hydrogen) atoms. The maximum Gasteiger partial charge on any atom is 0.0622 e. The first kappa shape index (κ1) is 10.4. The lowest BCUT2D eigenvalue weighted by molar-refractivity contribution is 0.134. The van der Waals surface area contributed by atoms with E-state index in [0.717, 1.165) is 13.2 Å². The molecule has 2 saturated heterocycles. The first-order valence-electron chi connectivity index (χ1n) is 5.91. The molecule has 2 fully saturated rings. The number of hydrogen-bond acceptors (Lipinski definition) is 3. The summed E-state index contributed by atoms with van der Waals surface area (Å²) in [6, 6.07) is 1.39. The van der Waals surface area contributed by atoms with Crippen molar-refractivity contribution in [2.75, 3.05) is 32.8 Å². The molecule has 0 saturated carbocycles. The van der Waals surface area contributed by atoms with E-state index in [1.165, 1.54) is 38.9 Å². The van der Waals surface area contributed by atoms with Crippen molar-refractivity contribution in [3.63, 3.8) is 0 Å². The van der Waals surface area contributed by atoms with Gasteiger partial charge < -0.3 is 10.1 Å². The minimum absolute atomic E-state index is 0.681. The van der Waals surface area contributed by atoms with Crippen molar-refractivity contribution in [1.29, 1.82) is 0 Å². The molecular formula is C11H22N2O. The number of nitrogens with zero attached hydrogens (tertiary/aromatic N) is 1. The van der Waals surface area contributed by atoms with Crippen LogP contribution in [-0.2, 0) is 4.74 Å². The summed E-state index contributed by atoms with van der Waals surface area (Å²) in [5.74, 6) is 0. The molecule has 0 bridgehead atoms. The van der Waals surface area contributed by atoms with Crippen LogP contribution in [0.2, 0.25) is 0 Å². The molecule has 2 rings (SSSR count). The maximum absolute atomic E-state index is 5.45. The molecule has 0 radical (unpaired) electrons. The molecule has 3 heteroatoms. The van der Waals surface area contributed by atoms with Crippen LogP contribution in [-0.4, -0.2) is 49.8 Å². The van der Waals surface area contributed by atoms with Gasteiger partial charge in [0.25, 0.3) is 0 Å². The van der Waals surface area contributed by atoms with E-state index in [0.29, 0.717) is 12.1 Å². The van der Waals surface area contributed by atoms with Gasteiger partial charge in [-0.05, 0) is 45.8 Å². The predicted molar refractivity (Wildman–Crippen MR) is 57.5 cm³/mol. The number of rotatable bonds is 1. The number of nitrogens with one attached hydrogen (secondary N) is 1. The van der Waals surface area contributed by atoms with Gasteiger partial charge in [-0.3, -0.25) is 4.90 Å². The van der Waals surface area contributed by atoms with E-state index in [1.54, 1.807) is 0 Å². The molecule has 2 heterocycles. The van der Waals surface area contributed by atoms with Gasteiger partial charge in [0.2, 0.25) is 0 Å². The highest BCUT2D eigenvalue weighted by atomic mass is 16.5. The Hall–Kier alpha value is -0.120. The van der Waals surface area contributed by atoms with E-state index in [1.807, 2.05) is 0 Å². The van der Waals surface area contributed by atoms with Gasteiger partial charge in [0.1, 0.15) is 0 Å². The van der Waals surface area contributed by atoms with Crippen LogP contribution in [0.1, 0.15) is 26.2 Å². The normalized spacial score (nSPS) is 36.6. The molecule has 2 aliphatic heterocycles. The third kappa shape index (κ3) is 2.69. The quantitative estimate of drug-likeness (QED) is 0.676. The summed E-state index contributed by atoms with van der Waals surface area (Å²) in [4.78, 5) is 2.63. The second-order valence-electron chi connectivity index (χ2n) is 4.55. The highest BCUT2D eigenvalue weighted by Crippen LogP contribution is 2.14. The zero-order valence-corrected chi connectivity index (χ0v) is 9.17. The first-order chi connectivity index (χ1) is 6.86. The number of ether oxygens (including phenoxy) is 1. The first-order valence-corrected chi connectivity index (χ1v) is 5.91. The van der Waals surface area contributed by atoms with Gasteiger partial charge in [0.15, 0.2) is 0 Å². The smallest absolute Gasteiger partial charge is 0.0622 e. The lowest BCUT2D eigenvalue weighted by Crippen LogP contribution is -2.43. The van der Waals surface area contributed by atoms with Gasteiger partial charge in [-0.15, -0.1) is 0 Å². The Balaban J connectivity index is 1.83. The van der Waals surface area contributed by atoms with Crippen LogP contribution in [0.25, 0.3) is 0 Å². The third-order valence-electron chi connectivity index (χ3n) is 3.39. The van der Waals surface area contributed by atoms with E-state index in [-0.39, 0.29) is 0 Å². The van der Waals surface area contributed by atoms with Crippen molar-refractivity contribution in [3.05, 3.63) is 0 Å². The Morgan fingerprint density at radius 2 is 2.21 bits per heavy atom. The van der Waals surface area contributed by atoms with E-state index >= 15 is 0 Å². The van der Waals surface area contributed by atoms with E-state index < -0.39 is 0 Å². The van der Waals surface area contributed by atoms with Crippen LogP contribution < -0.4 is 5.32 Å². The van der Waals surface area contributed by atoms with Crippen molar-refractivity contribution in [2.45, 2.75) is 38.3 Å². The predicted octanol–water partition coefficient (Wildman–Crippen LogP) is 0.849. The highest BCUT2D eigenvalue weighted by Gasteiger charge is 2.23. The highest BCUT2D eigenvalue weighted by molar-refractivity contribution is 4.78. The summed E-state index contributed by atoms with van der Waals surface area (Å²) in [5.41, 5.74) is 0. The zero-order chi connectivity index (χ0) is 9.80. The van der Waals surface area contributed by atoms with Crippen LogP contribution in [0, 0.1) is 0 Å². The van der Waals surface area contributed by atoms with Crippen LogP contribution in [0.3, 0.4) is 0 Å². The maximum atomic E-state index is 5.45. The van der Waals surface area contributed by atoms with Gasteiger partial charge >= 0.3 is 0 Å². The fourth-order valence-corrected chi connectivity index (χ4v) is 2.38. The molecule has 2 aliphatic rings. The molecular weight excluding hydrogens is 176 g/mol. The van der Waals surface area contributed by atoms with Gasteiger partial charge in [-0.2, -0.15) is 0 Å². The van der Waals surface area contributed by atoms with Crippen LogP contribution >= 0.6 is 0 Å².